The summed E-state index contributed by atoms with van der Waals surface area (Å²) in [5, 5.41) is 10.5. The second-order valence-corrected chi connectivity index (χ2v) is 13.5. The minimum absolute atomic E-state index is 0.0403. The van der Waals surface area contributed by atoms with Crippen molar-refractivity contribution >= 4 is 34.7 Å². The third-order valence-electron chi connectivity index (χ3n) is 9.46. The number of thiazole rings is 1. The third kappa shape index (κ3) is 5.61. The smallest absolute Gasteiger partial charge is 0.274 e. The summed E-state index contributed by atoms with van der Waals surface area (Å²) in [5.74, 6) is -0.564. The summed E-state index contributed by atoms with van der Waals surface area (Å²) in [5.41, 5.74) is 11.1. The Morgan fingerprint density at radius 2 is 1.44 bits per heavy atom. The molecule has 3 aliphatic rings. The van der Waals surface area contributed by atoms with Gasteiger partial charge in [-0.1, -0.05) is 98.2 Å². The van der Waals surface area contributed by atoms with Gasteiger partial charge in [0.2, 0.25) is 0 Å². The van der Waals surface area contributed by atoms with Gasteiger partial charge in [-0.2, -0.15) is 5.26 Å². The van der Waals surface area contributed by atoms with Gasteiger partial charge in [0.1, 0.15) is 10.5 Å². The van der Waals surface area contributed by atoms with E-state index in [1.165, 1.54) is 28.7 Å². The normalized spacial score (nSPS) is 20.2. The second kappa shape index (κ2) is 12.4. The topological polar surface area (TPSA) is 92.1 Å². The molecule has 1 amide bonds. The molecule has 1 atom stereocenters. The molecule has 6 nitrogen and oxygen atoms in total. The van der Waals surface area contributed by atoms with Crippen molar-refractivity contribution in [3.63, 3.8) is 0 Å². The zero-order valence-electron chi connectivity index (χ0n) is 25.1. The molecule has 222 valence electrons. The van der Waals surface area contributed by atoms with Gasteiger partial charge in [0, 0.05) is 12.1 Å². The number of rotatable bonds is 5. The zero-order valence-corrected chi connectivity index (χ0v) is 26.0. The molecule has 43 heavy (non-hydrogen) atoms. The van der Waals surface area contributed by atoms with Gasteiger partial charge in [0.15, 0.2) is 0 Å². The number of aryl methyl sites for hydroxylation is 2. The first kappa shape index (κ1) is 29.2. The van der Waals surface area contributed by atoms with Crippen molar-refractivity contribution in [2.45, 2.75) is 96.1 Å². The van der Waals surface area contributed by atoms with Gasteiger partial charge >= 0.3 is 0 Å². The van der Waals surface area contributed by atoms with Crippen molar-refractivity contribution in [1.82, 2.24) is 9.47 Å². The van der Waals surface area contributed by atoms with E-state index in [1.54, 1.807) is 0 Å². The lowest BCUT2D eigenvalue weighted by atomic mass is 9.81. The molecule has 1 aliphatic heterocycles. The number of fused-ring (bicyclic) bond motifs is 1. The van der Waals surface area contributed by atoms with Crippen LogP contribution in [-0.4, -0.2) is 27.5 Å². The molecule has 2 aliphatic carbocycles. The van der Waals surface area contributed by atoms with E-state index in [9.17, 15) is 10.1 Å². The van der Waals surface area contributed by atoms with Gasteiger partial charge in [-0.15, -0.1) is 11.3 Å². The molecule has 2 N–H and O–H groups in total. The molecular formula is C36H40N4O2S. The highest BCUT2D eigenvalue weighted by Crippen LogP contribution is 2.40. The Morgan fingerprint density at radius 3 is 1.98 bits per heavy atom. The Balaban J connectivity index is 1.62. The summed E-state index contributed by atoms with van der Waals surface area (Å²) in [6.07, 6.45) is 12.7. The third-order valence-corrected chi connectivity index (χ3v) is 10.6. The van der Waals surface area contributed by atoms with Crippen LogP contribution in [0.4, 0.5) is 0 Å². The fourth-order valence-electron chi connectivity index (χ4n) is 7.15. The molecule has 2 saturated carbocycles. The summed E-state index contributed by atoms with van der Waals surface area (Å²) in [4.78, 5) is 31.3. The lowest BCUT2D eigenvalue weighted by Gasteiger charge is -2.43. The lowest BCUT2D eigenvalue weighted by molar-refractivity contribution is -0.131. The Labute approximate surface area is 257 Å². The molecule has 1 unspecified atom stereocenters. The molecule has 6 rings (SSSR count). The van der Waals surface area contributed by atoms with E-state index >= 15 is 4.79 Å². The first-order valence-corrected chi connectivity index (χ1v) is 16.5. The SMILES string of the molecule is Cc1ccc(/C=c2/sc3n(c2=O)C(N)=C(C#N)C(c2ccc(C)cc2)C=3C(=O)N(C2CCCCC2)C2CCCCC2)cc1. The molecule has 0 radical (unpaired) electrons. The molecule has 3 aromatic rings. The Kier molecular flexibility index (Phi) is 8.41. The number of nitrogens with two attached hydrogens (primary N) is 1. The molecular weight excluding hydrogens is 552 g/mol. The van der Waals surface area contributed by atoms with Gasteiger partial charge in [-0.25, -0.2) is 0 Å². The van der Waals surface area contributed by atoms with Crippen molar-refractivity contribution in [2.75, 3.05) is 0 Å². The summed E-state index contributed by atoms with van der Waals surface area (Å²) >= 11 is 1.31. The van der Waals surface area contributed by atoms with Crippen LogP contribution >= 0.6 is 11.3 Å². The number of carbonyl (C=O) groups excluding carboxylic acids is 1. The van der Waals surface area contributed by atoms with Crippen LogP contribution in [0, 0.1) is 25.2 Å². The van der Waals surface area contributed by atoms with Crippen molar-refractivity contribution in [3.05, 3.63) is 95.9 Å². The molecule has 0 bridgehead atoms. The van der Waals surface area contributed by atoms with Crippen LogP contribution in [-0.2, 0) is 4.79 Å². The van der Waals surface area contributed by atoms with Crippen LogP contribution in [0.1, 0.15) is 92.4 Å². The molecule has 0 saturated heterocycles. The van der Waals surface area contributed by atoms with Crippen molar-refractivity contribution in [1.29, 1.82) is 5.26 Å². The minimum Gasteiger partial charge on any atom is -0.384 e. The monoisotopic (exact) mass is 592 g/mol. The number of hydrogen-bond donors (Lipinski definition) is 1. The number of amides is 1. The minimum atomic E-state index is -0.641. The first-order chi connectivity index (χ1) is 20.9. The summed E-state index contributed by atoms with van der Waals surface area (Å²) in [6.45, 7) is 4.05. The van der Waals surface area contributed by atoms with Gasteiger partial charge in [0.25, 0.3) is 11.5 Å². The predicted octanol–water partition coefficient (Wildman–Crippen LogP) is 5.45. The highest BCUT2D eigenvalue weighted by Gasteiger charge is 2.41. The van der Waals surface area contributed by atoms with Crippen molar-refractivity contribution in [3.8, 4) is 6.07 Å². The van der Waals surface area contributed by atoms with Gasteiger partial charge in [-0.05, 0) is 56.7 Å². The maximum Gasteiger partial charge on any atom is 0.274 e. The maximum atomic E-state index is 15.2. The quantitative estimate of drug-likeness (QED) is 0.427. The van der Waals surface area contributed by atoms with Crippen molar-refractivity contribution in [2.24, 2.45) is 5.73 Å². The average Bonchev–Trinajstić information content (AvgIpc) is 3.35. The second-order valence-electron chi connectivity index (χ2n) is 12.4. The van der Waals surface area contributed by atoms with Crippen LogP contribution in [0.15, 0.2) is 58.9 Å². The highest BCUT2D eigenvalue weighted by atomic mass is 32.1. The largest absolute Gasteiger partial charge is 0.384 e. The number of hydrogen-bond acceptors (Lipinski definition) is 5. The van der Waals surface area contributed by atoms with Crippen LogP contribution in [0.25, 0.3) is 17.5 Å². The van der Waals surface area contributed by atoms with E-state index in [0.717, 1.165) is 73.6 Å². The van der Waals surface area contributed by atoms with Gasteiger partial charge in [-0.3, -0.25) is 14.2 Å². The van der Waals surface area contributed by atoms with Crippen LogP contribution in [0.5, 0.6) is 0 Å². The fourth-order valence-corrected chi connectivity index (χ4v) is 8.32. The van der Waals surface area contributed by atoms with Crippen LogP contribution < -0.4 is 20.5 Å². The van der Waals surface area contributed by atoms with Gasteiger partial charge in [0.05, 0.1) is 27.7 Å². The maximum absolute atomic E-state index is 15.2. The molecule has 2 heterocycles. The first-order valence-electron chi connectivity index (χ1n) is 15.7. The summed E-state index contributed by atoms with van der Waals surface area (Å²) < 4.78 is 2.48. The Hall–Kier alpha value is -3.89. The number of aromatic nitrogens is 1. The van der Waals surface area contributed by atoms with Gasteiger partial charge < -0.3 is 10.6 Å². The van der Waals surface area contributed by atoms with E-state index in [0.29, 0.717) is 14.8 Å². The van der Waals surface area contributed by atoms with E-state index in [-0.39, 0.29) is 34.9 Å². The standard InChI is InChI=1S/C36H40N4O2S/c1-23-13-17-25(18-14-23)21-30-34(41)40-33(38)29(22-37)31(26-19-15-24(2)16-20-26)32(36(40)43-30)35(42)39(27-9-5-3-6-10-27)28-11-7-4-8-12-28/h13-21,27-28,31H,3-12,38H2,1-2H3/b30-21+. The highest BCUT2D eigenvalue weighted by molar-refractivity contribution is 7.07. The molecule has 2 fully saturated rings. The molecule has 7 heteroatoms. The predicted molar refractivity (Wildman–Crippen MR) is 174 cm³/mol. The van der Waals surface area contributed by atoms with Crippen LogP contribution in [0.3, 0.4) is 0 Å². The number of carbonyl (C=O) groups is 1. The number of benzene rings is 2. The fraction of sp³-hybridized carbons (Fsp3) is 0.417. The van der Waals surface area contributed by atoms with Crippen LogP contribution in [0.2, 0.25) is 0 Å². The molecule has 1 aromatic heterocycles. The van der Waals surface area contributed by atoms with E-state index in [2.05, 4.69) is 11.0 Å². The summed E-state index contributed by atoms with van der Waals surface area (Å²) in [6, 6.07) is 18.7. The number of nitriles is 1. The van der Waals surface area contributed by atoms with Crippen molar-refractivity contribution < 1.29 is 4.79 Å². The number of allylic oxidation sites excluding steroid dienone is 1. The average molecular weight is 593 g/mol. The number of nitrogens with zero attached hydrogens (tertiary/aromatic N) is 3. The van der Waals surface area contributed by atoms with E-state index < -0.39 is 5.92 Å². The van der Waals surface area contributed by atoms with E-state index in [4.69, 9.17) is 5.73 Å². The lowest BCUT2D eigenvalue weighted by Crippen LogP contribution is -2.51. The summed E-state index contributed by atoms with van der Waals surface area (Å²) in [7, 11) is 0. The molecule has 0 spiro atoms. The Morgan fingerprint density at radius 1 is 0.907 bits per heavy atom. The Bertz CT molecular complexity index is 1740. The molecule has 2 aromatic carbocycles. The zero-order chi connectivity index (χ0) is 30.1. The van der Waals surface area contributed by atoms with E-state index in [1.807, 2.05) is 68.5 Å².